The highest BCUT2D eigenvalue weighted by Crippen LogP contribution is 2.38. The molecule has 1 heterocycles. The summed E-state index contributed by atoms with van der Waals surface area (Å²) in [5, 5.41) is 9.89. The number of hydrogen-bond donors (Lipinski definition) is 2. The molecular weight excluding hydrogens is 352 g/mol. The van der Waals surface area contributed by atoms with Crippen molar-refractivity contribution in [1.29, 1.82) is 0 Å². The minimum atomic E-state index is -0.0657. The maximum atomic E-state index is 12.8. The Bertz CT molecular complexity index is 654. The van der Waals surface area contributed by atoms with Crippen LogP contribution in [-0.2, 0) is 0 Å². The van der Waals surface area contributed by atoms with Crippen molar-refractivity contribution in [2.75, 3.05) is 18.9 Å². The van der Waals surface area contributed by atoms with E-state index in [1.807, 2.05) is 32.0 Å². The summed E-state index contributed by atoms with van der Waals surface area (Å²) in [6, 6.07) is 5.89. The number of halogens is 1. The van der Waals surface area contributed by atoms with Crippen LogP contribution in [0.3, 0.4) is 0 Å². The van der Waals surface area contributed by atoms with Gasteiger partial charge in [0.25, 0.3) is 5.91 Å². The molecule has 0 spiro atoms. The number of nitrogens with two attached hydrogens (primary N) is 1. The smallest absolute Gasteiger partial charge is 0.266 e. The Kier molecular flexibility index (Phi) is 5.24. The molecule has 6 heteroatoms. The number of aliphatic hydroxyl groups is 1. The second kappa shape index (κ2) is 6.77. The Labute approximate surface area is 136 Å². The minimum Gasteiger partial charge on any atom is -0.397 e. The van der Waals surface area contributed by atoms with Gasteiger partial charge in [-0.2, -0.15) is 0 Å². The van der Waals surface area contributed by atoms with Crippen molar-refractivity contribution in [1.82, 2.24) is 4.90 Å². The number of benzene rings is 1. The molecule has 0 aliphatic carbocycles. The van der Waals surface area contributed by atoms with Crippen LogP contribution in [0.5, 0.6) is 0 Å². The van der Waals surface area contributed by atoms with Crippen LogP contribution in [-0.4, -0.2) is 35.1 Å². The molecule has 0 saturated heterocycles. The summed E-state index contributed by atoms with van der Waals surface area (Å²) in [7, 11) is 0. The molecule has 1 aromatic carbocycles. The highest BCUT2D eigenvalue weighted by Gasteiger charge is 2.24. The highest BCUT2D eigenvalue weighted by atomic mass is 79.9. The standard InChI is InChI=1S/C15H19BrN2O2S/c1-9(2)18(7-4-8-19)15(20)14-13(17)12-10(16)5-3-6-11(12)21-14/h3,5-6,9,19H,4,7-8,17H2,1-2H3. The summed E-state index contributed by atoms with van der Waals surface area (Å²) in [5.74, 6) is -0.0657. The van der Waals surface area contributed by atoms with Crippen LogP contribution in [0.4, 0.5) is 5.69 Å². The van der Waals surface area contributed by atoms with Gasteiger partial charge in [0.15, 0.2) is 0 Å². The third-order valence-electron chi connectivity index (χ3n) is 3.34. The lowest BCUT2D eigenvalue weighted by atomic mass is 10.2. The average Bonchev–Trinajstić information content (AvgIpc) is 2.77. The zero-order valence-corrected chi connectivity index (χ0v) is 14.5. The predicted molar refractivity (Wildman–Crippen MR) is 91.8 cm³/mol. The fraction of sp³-hybridized carbons (Fsp3) is 0.400. The first-order valence-electron chi connectivity index (χ1n) is 6.85. The number of carbonyl (C=O) groups is 1. The van der Waals surface area contributed by atoms with Crippen molar-refractivity contribution in [3.05, 3.63) is 27.5 Å². The van der Waals surface area contributed by atoms with E-state index >= 15 is 0 Å². The maximum absolute atomic E-state index is 12.8. The van der Waals surface area contributed by atoms with Gasteiger partial charge in [-0.25, -0.2) is 0 Å². The molecule has 21 heavy (non-hydrogen) atoms. The number of anilines is 1. The Morgan fingerprint density at radius 2 is 2.19 bits per heavy atom. The fourth-order valence-electron chi connectivity index (χ4n) is 2.25. The molecule has 0 radical (unpaired) electrons. The van der Waals surface area contributed by atoms with Gasteiger partial charge in [0, 0.05) is 33.8 Å². The first-order valence-corrected chi connectivity index (χ1v) is 8.46. The third kappa shape index (κ3) is 3.22. The lowest BCUT2D eigenvalue weighted by molar-refractivity contribution is 0.0699. The molecule has 0 fully saturated rings. The van der Waals surface area contributed by atoms with Gasteiger partial charge in [0.1, 0.15) is 4.88 Å². The molecule has 1 amide bonds. The lowest BCUT2D eigenvalue weighted by Gasteiger charge is -2.26. The van der Waals surface area contributed by atoms with E-state index in [1.165, 1.54) is 11.3 Å². The number of nitrogen functional groups attached to an aromatic ring is 1. The molecule has 4 nitrogen and oxygen atoms in total. The van der Waals surface area contributed by atoms with Gasteiger partial charge in [-0.15, -0.1) is 11.3 Å². The molecule has 0 saturated carbocycles. The number of thiophene rings is 1. The van der Waals surface area contributed by atoms with Crippen LogP contribution in [0.2, 0.25) is 0 Å². The molecule has 0 aliphatic rings. The molecule has 2 aromatic rings. The molecule has 0 unspecified atom stereocenters. The zero-order valence-electron chi connectivity index (χ0n) is 12.1. The largest absolute Gasteiger partial charge is 0.397 e. The molecule has 114 valence electrons. The Morgan fingerprint density at radius 3 is 2.76 bits per heavy atom. The molecule has 0 bridgehead atoms. The monoisotopic (exact) mass is 370 g/mol. The SMILES string of the molecule is CC(C)N(CCCO)C(=O)c1sc2cccc(Br)c2c1N. The van der Waals surface area contributed by atoms with Crippen molar-refractivity contribution in [3.8, 4) is 0 Å². The number of nitrogens with zero attached hydrogens (tertiary/aromatic N) is 1. The second-order valence-corrected chi connectivity index (χ2v) is 7.03. The van der Waals surface area contributed by atoms with E-state index in [1.54, 1.807) is 4.90 Å². The molecular formula is C15H19BrN2O2S. The minimum absolute atomic E-state index is 0.0657. The Balaban J connectivity index is 2.42. The van der Waals surface area contributed by atoms with Crippen molar-refractivity contribution in [2.24, 2.45) is 0 Å². The number of amides is 1. The lowest BCUT2D eigenvalue weighted by Crippen LogP contribution is -2.37. The van der Waals surface area contributed by atoms with Crippen LogP contribution < -0.4 is 5.73 Å². The topological polar surface area (TPSA) is 66.6 Å². The van der Waals surface area contributed by atoms with E-state index < -0.39 is 0 Å². The quantitative estimate of drug-likeness (QED) is 0.846. The molecule has 2 rings (SSSR count). The van der Waals surface area contributed by atoms with E-state index in [2.05, 4.69) is 15.9 Å². The Morgan fingerprint density at radius 1 is 1.48 bits per heavy atom. The van der Waals surface area contributed by atoms with Gasteiger partial charge in [-0.05, 0) is 32.4 Å². The van der Waals surface area contributed by atoms with Crippen molar-refractivity contribution < 1.29 is 9.90 Å². The van der Waals surface area contributed by atoms with E-state index in [-0.39, 0.29) is 18.6 Å². The number of carbonyl (C=O) groups excluding carboxylic acids is 1. The van der Waals surface area contributed by atoms with E-state index in [0.717, 1.165) is 14.6 Å². The molecule has 3 N–H and O–H groups in total. The first kappa shape index (κ1) is 16.3. The van der Waals surface area contributed by atoms with Crippen LogP contribution >= 0.6 is 27.3 Å². The van der Waals surface area contributed by atoms with Gasteiger partial charge in [-0.1, -0.05) is 22.0 Å². The van der Waals surface area contributed by atoms with Gasteiger partial charge in [0.2, 0.25) is 0 Å². The fourth-order valence-corrected chi connectivity index (χ4v) is 4.07. The number of hydrogen-bond acceptors (Lipinski definition) is 4. The molecule has 1 aromatic heterocycles. The summed E-state index contributed by atoms with van der Waals surface area (Å²) in [5.41, 5.74) is 6.72. The summed E-state index contributed by atoms with van der Waals surface area (Å²) >= 11 is 4.90. The van der Waals surface area contributed by atoms with Crippen molar-refractivity contribution in [2.45, 2.75) is 26.3 Å². The van der Waals surface area contributed by atoms with Gasteiger partial charge in [-0.3, -0.25) is 4.79 Å². The van der Waals surface area contributed by atoms with Crippen LogP contribution in [0.1, 0.15) is 29.9 Å². The highest BCUT2D eigenvalue weighted by molar-refractivity contribution is 9.10. The number of aliphatic hydroxyl groups excluding tert-OH is 1. The van der Waals surface area contributed by atoms with Crippen molar-refractivity contribution >= 4 is 48.9 Å². The summed E-state index contributed by atoms with van der Waals surface area (Å²) in [4.78, 5) is 15.1. The van der Waals surface area contributed by atoms with E-state index in [9.17, 15) is 4.79 Å². The molecule has 0 aliphatic heterocycles. The first-order chi connectivity index (χ1) is 9.97. The van der Waals surface area contributed by atoms with Gasteiger partial charge in [0.05, 0.1) is 5.69 Å². The number of fused-ring (bicyclic) bond motifs is 1. The van der Waals surface area contributed by atoms with E-state index in [0.29, 0.717) is 23.5 Å². The van der Waals surface area contributed by atoms with E-state index in [4.69, 9.17) is 10.8 Å². The zero-order chi connectivity index (χ0) is 15.6. The van der Waals surface area contributed by atoms with Crippen LogP contribution in [0.25, 0.3) is 10.1 Å². The Hall–Kier alpha value is -1.11. The summed E-state index contributed by atoms with van der Waals surface area (Å²) in [6.45, 7) is 4.54. The maximum Gasteiger partial charge on any atom is 0.266 e. The normalized spacial score (nSPS) is 11.3. The predicted octanol–water partition coefficient (Wildman–Crippen LogP) is 3.48. The van der Waals surface area contributed by atoms with Crippen molar-refractivity contribution in [3.63, 3.8) is 0 Å². The van der Waals surface area contributed by atoms with Gasteiger partial charge < -0.3 is 15.7 Å². The molecule has 0 atom stereocenters. The van der Waals surface area contributed by atoms with Crippen LogP contribution in [0, 0.1) is 0 Å². The average molecular weight is 371 g/mol. The summed E-state index contributed by atoms with van der Waals surface area (Å²) in [6.07, 6.45) is 0.568. The second-order valence-electron chi connectivity index (χ2n) is 5.13. The van der Waals surface area contributed by atoms with Crippen LogP contribution in [0.15, 0.2) is 22.7 Å². The number of rotatable bonds is 5. The third-order valence-corrected chi connectivity index (χ3v) is 5.16. The van der Waals surface area contributed by atoms with Gasteiger partial charge >= 0.3 is 0 Å². The summed E-state index contributed by atoms with van der Waals surface area (Å²) < 4.78 is 1.90.